The van der Waals surface area contributed by atoms with Gasteiger partial charge >= 0.3 is 0 Å². The Bertz CT molecular complexity index is 219. The first-order valence-electron chi connectivity index (χ1n) is 5.24. The summed E-state index contributed by atoms with van der Waals surface area (Å²) < 4.78 is 0. The van der Waals surface area contributed by atoms with E-state index in [0.29, 0.717) is 6.04 Å². The highest BCUT2D eigenvalue weighted by atomic mass is 32.1. The van der Waals surface area contributed by atoms with Gasteiger partial charge in [-0.25, -0.2) is 0 Å². The molecule has 80 valence electrons. The molecule has 0 aliphatic carbocycles. The second kappa shape index (κ2) is 6.98. The highest BCUT2D eigenvalue weighted by Crippen LogP contribution is 2.04. The monoisotopic (exact) mass is 212 g/mol. The average molecular weight is 212 g/mol. The van der Waals surface area contributed by atoms with Crippen molar-refractivity contribution >= 4 is 11.3 Å². The number of rotatable bonds is 7. The summed E-state index contributed by atoms with van der Waals surface area (Å²) in [7, 11) is 0. The van der Waals surface area contributed by atoms with Gasteiger partial charge in [0.1, 0.15) is 0 Å². The maximum absolute atomic E-state index is 3.43. The van der Waals surface area contributed by atoms with Gasteiger partial charge in [0.05, 0.1) is 0 Å². The molecule has 0 unspecified atom stereocenters. The van der Waals surface area contributed by atoms with Crippen LogP contribution in [0.3, 0.4) is 0 Å². The summed E-state index contributed by atoms with van der Waals surface area (Å²) in [5.74, 6) is 0. The molecule has 0 atom stereocenters. The number of hydrogen-bond acceptors (Lipinski definition) is 3. The van der Waals surface area contributed by atoms with Crippen LogP contribution in [0.5, 0.6) is 0 Å². The van der Waals surface area contributed by atoms with E-state index < -0.39 is 0 Å². The third kappa shape index (κ3) is 5.37. The van der Waals surface area contributed by atoms with E-state index in [4.69, 9.17) is 0 Å². The van der Waals surface area contributed by atoms with E-state index in [-0.39, 0.29) is 0 Å². The van der Waals surface area contributed by atoms with Gasteiger partial charge in [0.25, 0.3) is 0 Å². The smallest absolute Gasteiger partial charge is 0.0213 e. The minimum absolute atomic E-state index is 0.604. The van der Waals surface area contributed by atoms with Crippen molar-refractivity contribution in [1.82, 2.24) is 10.6 Å². The quantitative estimate of drug-likeness (QED) is 0.677. The van der Waals surface area contributed by atoms with Crippen molar-refractivity contribution in [3.63, 3.8) is 0 Å². The van der Waals surface area contributed by atoms with Crippen LogP contribution in [0.25, 0.3) is 0 Å². The Kier molecular flexibility index (Phi) is 5.83. The molecule has 1 rings (SSSR count). The Labute approximate surface area is 90.7 Å². The molecule has 1 heterocycles. The van der Waals surface area contributed by atoms with E-state index in [1.165, 1.54) is 12.0 Å². The lowest BCUT2D eigenvalue weighted by atomic mass is 10.3. The van der Waals surface area contributed by atoms with Crippen LogP contribution in [0.4, 0.5) is 0 Å². The summed E-state index contributed by atoms with van der Waals surface area (Å²) in [4.78, 5) is 0. The van der Waals surface area contributed by atoms with Gasteiger partial charge in [-0.3, -0.25) is 0 Å². The summed E-state index contributed by atoms with van der Waals surface area (Å²) in [6, 6.07) is 2.77. The van der Waals surface area contributed by atoms with Crippen molar-refractivity contribution in [3.05, 3.63) is 22.4 Å². The zero-order valence-electron chi connectivity index (χ0n) is 9.05. The van der Waals surface area contributed by atoms with Crippen molar-refractivity contribution in [3.8, 4) is 0 Å². The Morgan fingerprint density at radius 3 is 2.86 bits per heavy atom. The predicted octanol–water partition coefficient (Wildman–Crippen LogP) is 2.23. The summed E-state index contributed by atoms with van der Waals surface area (Å²) in [5, 5.41) is 11.1. The highest BCUT2D eigenvalue weighted by Gasteiger charge is 1.93. The molecule has 3 heteroatoms. The Morgan fingerprint density at radius 1 is 1.36 bits per heavy atom. The van der Waals surface area contributed by atoms with Crippen LogP contribution in [-0.4, -0.2) is 19.1 Å². The normalized spacial score (nSPS) is 11.1. The van der Waals surface area contributed by atoms with Gasteiger partial charge in [-0.2, -0.15) is 11.3 Å². The van der Waals surface area contributed by atoms with Crippen molar-refractivity contribution in [2.75, 3.05) is 13.1 Å². The minimum atomic E-state index is 0.604. The van der Waals surface area contributed by atoms with Crippen LogP contribution in [0, 0.1) is 0 Å². The molecule has 0 saturated heterocycles. The molecule has 0 radical (unpaired) electrons. The van der Waals surface area contributed by atoms with Crippen molar-refractivity contribution in [2.45, 2.75) is 32.9 Å². The predicted molar refractivity (Wildman–Crippen MR) is 63.8 cm³/mol. The van der Waals surface area contributed by atoms with Gasteiger partial charge in [0, 0.05) is 12.6 Å². The molecule has 0 bridgehead atoms. The number of hydrogen-bond donors (Lipinski definition) is 2. The first-order chi connectivity index (χ1) is 6.79. The standard InChI is InChI=1S/C11H20N2S/c1-10(2)13-6-3-5-12-8-11-4-7-14-9-11/h4,7,9-10,12-13H,3,5-6,8H2,1-2H3. The molecule has 1 aromatic rings. The van der Waals surface area contributed by atoms with Gasteiger partial charge in [-0.1, -0.05) is 13.8 Å². The van der Waals surface area contributed by atoms with Gasteiger partial charge in [0.15, 0.2) is 0 Å². The first kappa shape index (κ1) is 11.7. The topological polar surface area (TPSA) is 24.1 Å². The van der Waals surface area contributed by atoms with Crippen LogP contribution in [-0.2, 0) is 6.54 Å². The van der Waals surface area contributed by atoms with Gasteiger partial charge < -0.3 is 10.6 Å². The van der Waals surface area contributed by atoms with Gasteiger partial charge in [-0.05, 0) is 41.9 Å². The van der Waals surface area contributed by atoms with Crippen molar-refractivity contribution in [1.29, 1.82) is 0 Å². The van der Waals surface area contributed by atoms with E-state index in [0.717, 1.165) is 19.6 Å². The lowest BCUT2D eigenvalue weighted by molar-refractivity contribution is 0.548. The largest absolute Gasteiger partial charge is 0.314 e. The Morgan fingerprint density at radius 2 is 2.21 bits per heavy atom. The minimum Gasteiger partial charge on any atom is -0.314 e. The molecule has 0 aliphatic heterocycles. The SMILES string of the molecule is CC(C)NCCCNCc1ccsc1. The molecule has 0 aliphatic rings. The highest BCUT2D eigenvalue weighted by molar-refractivity contribution is 7.07. The van der Waals surface area contributed by atoms with Gasteiger partial charge in [-0.15, -0.1) is 0 Å². The van der Waals surface area contributed by atoms with Crippen LogP contribution >= 0.6 is 11.3 Å². The molecule has 0 fully saturated rings. The fraction of sp³-hybridized carbons (Fsp3) is 0.636. The molecular formula is C11H20N2S. The summed E-state index contributed by atoms with van der Waals surface area (Å²) in [5.41, 5.74) is 1.40. The Hall–Kier alpha value is -0.380. The van der Waals surface area contributed by atoms with E-state index in [1.54, 1.807) is 11.3 Å². The summed E-state index contributed by atoms with van der Waals surface area (Å²) >= 11 is 1.76. The number of thiophene rings is 1. The van der Waals surface area contributed by atoms with Crippen LogP contribution < -0.4 is 10.6 Å². The fourth-order valence-corrected chi connectivity index (χ4v) is 1.90. The second-order valence-electron chi connectivity index (χ2n) is 3.77. The Balaban J connectivity index is 1.90. The fourth-order valence-electron chi connectivity index (χ4n) is 1.23. The van der Waals surface area contributed by atoms with Gasteiger partial charge in [0.2, 0.25) is 0 Å². The first-order valence-corrected chi connectivity index (χ1v) is 6.18. The van der Waals surface area contributed by atoms with E-state index >= 15 is 0 Å². The van der Waals surface area contributed by atoms with Crippen LogP contribution in [0.15, 0.2) is 16.8 Å². The number of nitrogens with one attached hydrogen (secondary N) is 2. The second-order valence-corrected chi connectivity index (χ2v) is 4.55. The summed E-state index contributed by atoms with van der Waals surface area (Å²) in [6.07, 6.45) is 1.20. The van der Waals surface area contributed by atoms with Crippen LogP contribution in [0.1, 0.15) is 25.8 Å². The van der Waals surface area contributed by atoms with Crippen molar-refractivity contribution < 1.29 is 0 Å². The lowest BCUT2D eigenvalue weighted by Gasteiger charge is -2.07. The average Bonchev–Trinajstić information content (AvgIpc) is 2.63. The zero-order chi connectivity index (χ0) is 10.2. The van der Waals surface area contributed by atoms with E-state index in [1.807, 2.05) is 0 Å². The molecule has 2 nitrogen and oxygen atoms in total. The maximum Gasteiger partial charge on any atom is 0.0213 e. The third-order valence-electron chi connectivity index (χ3n) is 1.99. The molecule has 0 spiro atoms. The lowest BCUT2D eigenvalue weighted by Crippen LogP contribution is -2.26. The molecule has 0 saturated carbocycles. The molecule has 0 amide bonds. The van der Waals surface area contributed by atoms with E-state index in [9.17, 15) is 0 Å². The summed E-state index contributed by atoms with van der Waals surface area (Å²) in [6.45, 7) is 7.56. The van der Waals surface area contributed by atoms with E-state index in [2.05, 4.69) is 41.3 Å². The van der Waals surface area contributed by atoms with Crippen molar-refractivity contribution in [2.24, 2.45) is 0 Å². The molecule has 14 heavy (non-hydrogen) atoms. The third-order valence-corrected chi connectivity index (χ3v) is 2.72. The molecule has 1 aromatic heterocycles. The maximum atomic E-state index is 3.43. The molecule has 2 N–H and O–H groups in total. The molecule has 0 aromatic carbocycles. The van der Waals surface area contributed by atoms with Crippen LogP contribution in [0.2, 0.25) is 0 Å². The molecular weight excluding hydrogens is 192 g/mol. The zero-order valence-corrected chi connectivity index (χ0v) is 9.86.